The van der Waals surface area contributed by atoms with Crippen molar-refractivity contribution in [2.24, 2.45) is 0 Å². The molecule has 0 saturated heterocycles. The number of aryl methyl sites for hydroxylation is 1. The Morgan fingerprint density at radius 1 is 1.35 bits per heavy atom. The Bertz CT molecular complexity index is 559. The molecule has 0 aliphatic rings. The van der Waals surface area contributed by atoms with Crippen LogP contribution >= 0.6 is 11.6 Å². The van der Waals surface area contributed by atoms with Crippen molar-refractivity contribution in [2.45, 2.75) is 6.92 Å². The Morgan fingerprint density at radius 2 is 2.12 bits per heavy atom. The summed E-state index contributed by atoms with van der Waals surface area (Å²) in [5.41, 5.74) is 1.01. The lowest BCUT2D eigenvalue weighted by molar-refractivity contribution is 0.0657. The number of carboxylic acids is 1. The van der Waals surface area contributed by atoms with Gasteiger partial charge in [-0.15, -0.1) is 0 Å². The fourth-order valence-electron chi connectivity index (χ4n) is 1.29. The van der Waals surface area contributed by atoms with Crippen LogP contribution < -0.4 is 4.74 Å². The maximum Gasteiger partial charge on any atom is 0.371 e. The SMILES string of the molecule is Cc1ccc(Oc2ccc(C(=O)O)o2)c(Cl)c1. The van der Waals surface area contributed by atoms with Crippen LogP contribution in [0, 0.1) is 6.92 Å². The van der Waals surface area contributed by atoms with Gasteiger partial charge in [0.15, 0.2) is 0 Å². The summed E-state index contributed by atoms with van der Waals surface area (Å²) < 4.78 is 10.3. The summed E-state index contributed by atoms with van der Waals surface area (Å²) in [5, 5.41) is 9.12. The van der Waals surface area contributed by atoms with Crippen molar-refractivity contribution in [3.8, 4) is 11.7 Å². The second kappa shape index (κ2) is 4.51. The van der Waals surface area contributed by atoms with Gasteiger partial charge in [-0.25, -0.2) is 4.79 Å². The van der Waals surface area contributed by atoms with Gasteiger partial charge < -0.3 is 14.3 Å². The van der Waals surface area contributed by atoms with Crippen LogP contribution in [0.4, 0.5) is 0 Å². The normalized spacial score (nSPS) is 10.2. The molecule has 2 rings (SSSR count). The topological polar surface area (TPSA) is 59.7 Å². The third kappa shape index (κ3) is 2.60. The number of carboxylic acid groups (broad SMARTS) is 1. The average Bonchev–Trinajstić information content (AvgIpc) is 2.71. The van der Waals surface area contributed by atoms with Crippen molar-refractivity contribution >= 4 is 17.6 Å². The number of carbonyl (C=O) groups is 1. The monoisotopic (exact) mass is 252 g/mol. The number of benzene rings is 1. The Hall–Kier alpha value is -1.94. The lowest BCUT2D eigenvalue weighted by atomic mass is 10.2. The van der Waals surface area contributed by atoms with E-state index in [0.29, 0.717) is 10.8 Å². The van der Waals surface area contributed by atoms with E-state index >= 15 is 0 Å². The van der Waals surface area contributed by atoms with Gasteiger partial charge in [0, 0.05) is 6.07 Å². The van der Waals surface area contributed by atoms with E-state index in [9.17, 15) is 4.79 Å². The number of rotatable bonds is 3. The van der Waals surface area contributed by atoms with Crippen LogP contribution in [0.25, 0.3) is 0 Å². The first-order valence-electron chi connectivity index (χ1n) is 4.83. The van der Waals surface area contributed by atoms with Gasteiger partial charge in [-0.1, -0.05) is 17.7 Å². The molecule has 0 amide bonds. The molecule has 1 N–H and O–H groups in total. The van der Waals surface area contributed by atoms with Gasteiger partial charge in [-0.3, -0.25) is 0 Å². The van der Waals surface area contributed by atoms with E-state index in [1.54, 1.807) is 12.1 Å². The zero-order valence-electron chi connectivity index (χ0n) is 8.94. The summed E-state index contributed by atoms with van der Waals surface area (Å²) in [6.07, 6.45) is 0. The standard InChI is InChI=1S/C12H9ClO4/c1-7-2-3-9(8(13)6-7)16-11-5-4-10(17-11)12(14)15/h2-6H,1H3,(H,14,15). The second-order valence-electron chi connectivity index (χ2n) is 3.46. The number of hydrogen-bond donors (Lipinski definition) is 1. The molecular weight excluding hydrogens is 244 g/mol. The van der Waals surface area contributed by atoms with E-state index in [0.717, 1.165) is 5.56 Å². The fraction of sp³-hybridized carbons (Fsp3) is 0.0833. The number of hydrogen-bond acceptors (Lipinski definition) is 3. The van der Waals surface area contributed by atoms with Crippen molar-refractivity contribution in [3.63, 3.8) is 0 Å². The first kappa shape index (κ1) is 11.5. The van der Waals surface area contributed by atoms with Crippen LogP contribution in [0.5, 0.6) is 11.7 Å². The molecule has 88 valence electrons. The Morgan fingerprint density at radius 3 is 2.71 bits per heavy atom. The van der Waals surface area contributed by atoms with E-state index in [4.69, 9.17) is 25.9 Å². The van der Waals surface area contributed by atoms with Gasteiger partial charge in [-0.05, 0) is 30.7 Å². The first-order valence-corrected chi connectivity index (χ1v) is 5.21. The van der Waals surface area contributed by atoms with Crippen LogP contribution in [-0.4, -0.2) is 11.1 Å². The quantitative estimate of drug-likeness (QED) is 0.904. The summed E-state index contributed by atoms with van der Waals surface area (Å²) >= 11 is 5.97. The molecule has 0 fully saturated rings. The molecule has 0 aliphatic heterocycles. The largest absolute Gasteiger partial charge is 0.475 e. The van der Waals surface area contributed by atoms with Gasteiger partial charge in [0.25, 0.3) is 5.95 Å². The highest BCUT2D eigenvalue weighted by Crippen LogP contribution is 2.30. The van der Waals surface area contributed by atoms with Gasteiger partial charge >= 0.3 is 5.97 Å². The molecule has 1 heterocycles. The lowest BCUT2D eigenvalue weighted by Crippen LogP contribution is -1.91. The molecule has 4 nitrogen and oxygen atoms in total. The van der Waals surface area contributed by atoms with E-state index in [2.05, 4.69) is 0 Å². The molecule has 0 atom stereocenters. The van der Waals surface area contributed by atoms with Crippen molar-refractivity contribution in [1.82, 2.24) is 0 Å². The van der Waals surface area contributed by atoms with Crippen molar-refractivity contribution in [3.05, 3.63) is 46.7 Å². The molecule has 0 unspecified atom stereocenters. The second-order valence-corrected chi connectivity index (χ2v) is 3.87. The smallest absolute Gasteiger partial charge is 0.371 e. The predicted molar refractivity (Wildman–Crippen MR) is 61.9 cm³/mol. The Labute approximate surface area is 102 Å². The maximum absolute atomic E-state index is 10.6. The number of ether oxygens (including phenoxy) is 1. The van der Waals surface area contributed by atoms with Crippen LogP contribution in [0.2, 0.25) is 5.02 Å². The van der Waals surface area contributed by atoms with E-state index in [-0.39, 0.29) is 11.7 Å². The lowest BCUT2D eigenvalue weighted by Gasteiger charge is -2.04. The highest BCUT2D eigenvalue weighted by molar-refractivity contribution is 6.32. The average molecular weight is 253 g/mol. The summed E-state index contributed by atoms with van der Waals surface area (Å²) in [5.74, 6) is -0.810. The van der Waals surface area contributed by atoms with Gasteiger partial charge in [0.2, 0.25) is 5.76 Å². The predicted octanol–water partition coefficient (Wildman–Crippen LogP) is 3.73. The highest BCUT2D eigenvalue weighted by atomic mass is 35.5. The maximum atomic E-state index is 10.6. The summed E-state index contributed by atoms with van der Waals surface area (Å²) in [6, 6.07) is 8.03. The molecule has 0 radical (unpaired) electrons. The molecular formula is C12H9ClO4. The van der Waals surface area contributed by atoms with Gasteiger partial charge in [-0.2, -0.15) is 0 Å². The molecule has 0 spiro atoms. The van der Waals surface area contributed by atoms with E-state index < -0.39 is 5.97 Å². The third-order valence-electron chi connectivity index (χ3n) is 2.09. The van der Waals surface area contributed by atoms with Crippen LogP contribution in [0.1, 0.15) is 16.1 Å². The van der Waals surface area contributed by atoms with Crippen LogP contribution in [0.3, 0.4) is 0 Å². The molecule has 2 aromatic rings. The minimum atomic E-state index is -1.14. The number of furan rings is 1. The third-order valence-corrected chi connectivity index (χ3v) is 2.39. The van der Waals surface area contributed by atoms with E-state index in [1.165, 1.54) is 12.1 Å². The van der Waals surface area contributed by atoms with Gasteiger partial charge in [0.05, 0.1) is 5.02 Å². The van der Waals surface area contributed by atoms with E-state index in [1.807, 2.05) is 13.0 Å². The molecule has 0 aliphatic carbocycles. The van der Waals surface area contributed by atoms with Crippen molar-refractivity contribution < 1.29 is 19.1 Å². The highest BCUT2D eigenvalue weighted by Gasteiger charge is 2.11. The van der Waals surface area contributed by atoms with Crippen molar-refractivity contribution in [1.29, 1.82) is 0 Å². The zero-order chi connectivity index (χ0) is 12.4. The van der Waals surface area contributed by atoms with Gasteiger partial charge in [0.1, 0.15) is 5.75 Å². The molecule has 0 bridgehead atoms. The molecule has 0 saturated carbocycles. The minimum Gasteiger partial charge on any atom is -0.475 e. The molecule has 17 heavy (non-hydrogen) atoms. The zero-order valence-corrected chi connectivity index (χ0v) is 9.69. The molecule has 1 aromatic heterocycles. The molecule has 5 heteroatoms. The summed E-state index contributed by atoms with van der Waals surface area (Å²) in [6.45, 7) is 1.91. The Kier molecular flexibility index (Phi) is 3.06. The number of aromatic carboxylic acids is 1. The summed E-state index contributed by atoms with van der Waals surface area (Å²) in [7, 11) is 0. The van der Waals surface area contributed by atoms with Crippen LogP contribution in [-0.2, 0) is 0 Å². The minimum absolute atomic E-state index is 0.0909. The van der Waals surface area contributed by atoms with Crippen molar-refractivity contribution in [2.75, 3.05) is 0 Å². The summed E-state index contributed by atoms with van der Waals surface area (Å²) in [4.78, 5) is 10.6. The number of halogens is 1. The molecule has 1 aromatic carbocycles. The fourth-order valence-corrected chi connectivity index (χ4v) is 1.56. The first-order chi connectivity index (χ1) is 8.06. The van der Waals surface area contributed by atoms with Crippen LogP contribution in [0.15, 0.2) is 34.7 Å². The Balaban J connectivity index is 2.22.